The number of hydrogen-bond acceptors (Lipinski definition) is 2. The van der Waals surface area contributed by atoms with Crippen LogP contribution < -0.4 is 0 Å². The van der Waals surface area contributed by atoms with E-state index in [1.54, 1.807) is 0 Å². The van der Waals surface area contributed by atoms with Crippen molar-refractivity contribution in [1.82, 2.24) is 0 Å². The molecule has 0 saturated carbocycles. The molecule has 1 aliphatic heterocycles. The summed E-state index contributed by atoms with van der Waals surface area (Å²) in [6.45, 7) is 3.88. The van der Waals surface area contributed by atoms with Crippen LogP contribution >= 0.6 is 0 Å². The van der Waals surface area contributed by atoms with Crippen molar-refractivity contribution in [3.63, 3.8) is 0 Å². The molecule has 0 aromatic carbocycles. The molecule has 0 amide bonds. The molecule has 0 N–H and O–H groups in total. The van der Waals surface area contributed by atoms with Crippen molar-refractivity contribution < 1.29 is 9.47 Å². The first-order valence-electron chi connectivity index (χ1n) is 7.12. The van der Waals surface area contributed by atoms with Crippen LogP contribution in [0.3, 0.4) is 0 Å². The highest BCUT2D eigenvalue weighted by Gasteiger charge is 2.12. The van der Waals surface area contributed by atoms with Gasteiger partial charge in [0.05, 0.1) is 0 Å². The first-order chi connectivity index (χ1) is 8.43. The Morgan fingerprint density at radius 1 is 1.12 bits per heavy atom. The molecule has 1 saturated heterocycles. The average molecular weight is 238 g/mol. The zero-order valence-electron chi connectivity index (χ0n) is 11.2. The van der Waals surface area contributed by atoms with Crippen molar-refractivity contribution in [1.29, 1.82) is 0 Å². The van der Waals surface area contributed by atoms with Crippen LogP contribution in [0.2, 0.25) is 0 Å². The van der Waals surface area contributed by atoms with E-state index in [2.05, 4.69) is 18.8 Å². The van der Waals surface area contributed by atoms with Gasteiger partial charge in [-0.3, -0.25) is 0 Å². The second-order valence-electron chi connectivity index (χ2n) is 4.58. The van der Waals surface area contributed by atoms with E-state index in [1.165, 1.54) is 32.1 Å². The molecule has 0 aliphatic carbocycles. The highest BCUT2D eigenvalue weighted by molar-refractivity contribution is 4.98. The first kappa shape index (κ1) is 14.5. The molecule has 17 heavy (non-hydrogen) atoms. The smallest absolute Gasteiger partial charge is 0.157 e. The second kappa shape index (κ2) is 10.6. The van der Waals surface area contributed by atoms with E-state index in [9.17, 15) is 0 Å². The lowest BCUT2D eigenvalue weighted by molar-refractivity contribution is -0.162. The molecule has 98 valence electrons. The van der Waals surface area contributed by atoms with Crippen LogP contribution in [0, 0.1) is 11.8 Å². The molecular weight excluding hydrogens is 212 g/mol. The molecule has 0 radical (unpaired) electrons. The van der Waals surface area contributed by atoms with Gasteiger partial charge in [-0.25, -0.2) is 0 Å². The van der Waals surface area contributed by atoms with Crippen molar-refractivity contribution in [2.24, 2.45) is 0 Å². The van der Waals surface area contributed by atoms with E-state index in [0.717, 1.165) is 38.9 Å². The van der Waals surface area contributed by atoms with Crippen molar-refractivity contribution in [3.8, 4) is 11.8 Å². The van der Waals surface area contributed by atoms with Crippen LogP contribution in [0.15, 0.2) is 0 Å². The van der Waals surface area contributed by atoms with Crippen molar-refractivity contribution in [3.05, 3.63) is 0 Å². The maximum atomic E-state index is 5.67. The van der Waals surface area contributed by atoms with E-state index < -0.39 is 0 Å². The van der Waals surface area contributed by atoms with Crippen LogP contribution in [0.4, 0.5) is 0 Å². The van der Waals surface area contributed by atoms with E-state index in [0.29, 0.717) is 0 Å². The van der Waals surface area contributed by atoms with E-state index >= 15 is 0 Å². The van der Waals surface area contributed by atoms with Gasteiger partial charge in [0, 0.05) is 26.1 Å². The normalized spacial score (nSPS) is 19.7. The topological polar surface area (TPSA) is 18.5 Å². The predicted molar refractivity (Wildman–Crippen MR) is 70.7 cm³/mol. The van der Waals surface area contributed by atoms with Crippen LogP contribution in [0.25, 0.3) is 0 Å². The Labute approximate surface area is 106 Å². The molecule has 2 nitrogen and oxygen atoms in total. The number of ether oxygens (including phenoxy) is 2. The summed E-state index contributed by atoms with van der Waals surface area (Å²) in [5.41, 5.74) is 0. The third-order valence-corrected chi connectivity index (χ3v) is 2.89. The lowest BCUT2D eigenvalue weighted by atomic mass is 10.2. The van der Waals surface area contributed by atoms with Crippen LogP contribution in [0.1, 0.15) is 64.7 Å². The Morgan fingerprint density at radius 2 is 2.00 bits per heavy atom. The molecule has 0 aromatic heterocycles. The SMILES string of the molecule is CCCC#CCCCCCOC1CCCCO1. The molecule has 0 spiro atoms. The summed E-state index contributed by atoms with van der Waals surface area (Å²) in [4.78, 5) is 0. The Balaban J connectivity index is 1.82. The standard InChI is InChI=1S/C15H26O2/c1-2-3-4-5-6-7-8-10-13-16-15-12-9-11-14-17-15/h15H,2-3,6-14H2,1H3. The molecule has 1 unspecified atom stereocenters. The molecule has 1 aliphatic rings. The third kappa shape index (κ3) is 8.24. The molecule has 1 fully saturated rings. The summed E-state index contributed by atoms with van der Waals surface area (Å²) >= 11 is 0. The Hall–Kier alpha value is -0.520. The van der Waals surface area contributed by atoms with Gasteiger partial charge in [0.25, 0.3) is 0 Å². The fourth-order valence-corrected chi connectivity index (χ4v) is 1.85. The van der Waals surface area contributed by atoms with Gasteiger partial charge in [0.2, 0.25) is 0 Å². The molecule has 0 bridgehead atoms. The zero-order valence-corrected chi connectivity index (χ0v) is 11.2. The minimum atomic E-state index is 0.0769. The fraction of sp³-hybridized carbons (Fsp3) is 0.867. The van der Waals surface area contributed by atoms with E-state index in [-0.39, 0.29) is 6.29 Å². The maximum absolute atomic E-state index is 5.67. The molecule has 1 rings (SSSR count). The molecule has 2 heteroatoms. The molecule has 1 heterocycles. The highest BCUT2D eigenvalue weighted by atomic mass is 16.7. The number of rotatable bonds is 7. The van der Waals surface area contributed by atoms with Gasteiger partial charge < -0.3 is 9.47 Å². The van der Waals surface area contributed by atoms with E-state index in [4.69, 9.17) is 9.47 Å². The van der Waals surface area contributed by atoms with E-state index in [1.807, 2.05) is 0 Å². The number of hydrogen-bond donors (Lipinski definition) is 0. The monoisotopic (exact) mass is 238 g/mol. The fourth-order valence-electron chi connectivity index (χ4n) is 1.85. The lowest BCUT2D eigenvalue weighted by Gasteiger charge is -2.22. The van der Waals surface area contributed by atoms with Crippen molar-refractivity contribution in [2.45, 2.75) is 71.0 Å². The summed E-state index contributed by atoms with van der Waals surface area (Å²) in [6, 6.07) is 0. The van der Waals surface area contributed by atoms with Gasteiger partial charge in [0.1, 0.15) is 0 Å². The van der Waals surface area contributed by atoms with Gasteiger partial charge >= 0.3 is 0 Å². The van der Waals surface area contributed by atoms with Gasteiger partial charge in [-0.15, -0.1) is 11.8 Å². The minimum Gasteiger partial charge on any atom is -0.353 e. The lowest BCUT2D eigenvalue weighted by Crippen LogP contribution is -2.22. The predicted octanol–water partition coefficient (Wildman–Crippen LogP) is 3.89. The first-order valence-corrected chi connectivity index (χ1v) is 7.12. The Kier molecular flexibility index (Phi) is 9.09. The molecular formula is C15H26O2. The quantitative estimate of drug-likeness (QED) is 0.495. The van der Waals surface area contributed by atoms with Crippen LogP contribution in [-0.2, 0) is 9.47 Å². The van der Waals surface area contributed by atoms with Gasteiger partial charge in [-0.2, -0.15) is 0 Å². The summed E-state index contributed by atoms with van der Waals surface area (Å²) in [5.74, 6) is 6.39. The van der Waals surface area contributed by atoms with Gasteiger partial charge in [0.15, 0.2) is 6.29 Å². The van der Waals surface area contributed by atoms with Crippen LogP contribution in [0.5, 0.6) is 0 Å². The van der Waals surface area contributed by atoms with Crippen molar-refractivity contribution in [2.75, 3.05) is 13.2 Å². The maximum Gasteiger partial charge on any atom is 0.157 e. The summed E-state index contributed by atoms with van der Waals surface area (Å²) in [7, 11) is 0. The summed E-state index contributed by atoms with van der Waals surface area (Å²) < 4.78 is 11.2. The number of unbranched alkanes of at least 4 members (excludes halogenated alkanes) is 4. The van der Waals surface area contributed by atoms with Gasteiger partial charge in [-0.05, 0) is 38.5 Å². The summed E-state index contributed by atoms with van der Waals surface area (Å²) in [6.07, 6.45) is 10.4. The third-order valence-electron chi connectivity index (χ3n) is 2.89. The minimum absolute atomic E-state index is 0.0769. The second-order valence-corrected chi connectivity index (χ2v) is 4.58. The average Bonchev–Trinajstić information content (AvgIpc) is 2.38. The highest BCUT2D eigenvalue weighted by Crippen LogP contribution is 2.14. The van der Waals surface area contributed by atoms with Crippen molar-refractivity contribution >= 4 is 0 Å². The zero-order chi connectivity index (χ0) is 12.2. The Morgan fingerprint density at radius 3 is 2.76 bits per heavy atom. The summed E-state index contributed by atoms with van der Waals surface area (Å²) in [5, 5.41) is 0. The Bertz CT molecular complexity index is 221. The molecule has 0 aromatic rings. The molecule has 1 atom stereocenters. The van der Waals surface area contributed by atoms with Crippen LogP contribution in [-0.4, -0.2) is 19.5 Å². The van der Waals surface area contributed by atoms with Gasteiger partial charge in [-0.1, -0.05) is 13.3 Å². The largest absolute Gasteiger partial charge is 0.353 e.